The summed E-state index contributed by atoms with van der Waals surface area (Å²) in [6.45, 7) is 0. The molecule has 0 amide bonds. The van der Waals surface area contributed by atoms with E-state index in [9.17, 15) is 0 Å². The highest BCUT2D eigenvalue weighted by molar-refractivity contribution is 6.17. The van der Waals surface area contributed by atoms with E-state index in [0.717, 1.165) is 99.8 Å². The van der Waals surface area contributed by atoms with Crippen LogP contribution in [0.15, 0.2) is 203 Å². The number of hydrogen-bond acceptors (Lipinski definition) is 4. The normalized spacial score (nSPS) is 11.6. The maximum absolute atomic E-state index is 6.68. The van der Waals surface area contributed by atoms with Crippen molar-refractivity contribution < 1.29 is 8.83 Å². The minimum atomic E-state index is 0.689. The summed E-state index contributed by atoms with van der Waals surface area (Å²) in [5.41, 5.74) is 14.9. The lowest BCUT2D eigenvalue weighted by molar-refractivity contribution is 0.668. The maximum atomic E-state index is 6.68. The van der Waals surface area contributed by atoms with Crippen LogP contribution < -0.4 is 0 Å². The summed E-state index contributed by atoms with van der Waals surface area (Å²) < 4.78 is 12.8. The first-order valence-electron chi connectivity index (χ1n) is 18.8. The third kappa shape index (κ3) is 5.47. The Morgan fingerprint density at radius 3 is 1.54 bits per heavy atom. The lowest BCUT2D eigenvalue weighted by atomic mass is 9.93. The molecule has 11 aromatic rings. The van der Waals surface area contributed by atoms with Gasteiger partial charge in [-0.3, -0.25) is 0 Å². The third-order valence-corrected chi connectivity index (χ3v) is 10.8. The van der Waals surface area contributed by atoms with Crippen molar-refractivity contribution in [3.63, 3.8) is 0 Å². The summed E-state index contributed by atoms with van der Waals surface area (Å²) >= 11 is 0. The fourth-order valence-corrected chi connectivity index (χ4v) is 7.93. The average Bonchev–Trinajstić information content (AvgIpc) is 3.85. The zero-order chi connectivity index (χ0) is 37.0. The van der Waals surface area contributed by atoms with E-state index in [1.807, 2.05) is 48.5 Å². The molecule has 0 aliphatic rings. The van der Waals surface area contributed by atoms with Crippen LogP contribution in [0.5, 0.6) is 0 Å². The van der Waals surface area contributed by atoms with Crippen LogP contribution in [0.2, 0.25) is 0 Å². The van der Waals surface area contributed by atoms with Gasteiger partial charge in [0.15, 0.2) is 5.82 Å². The van der Waals surface area contributed by atoms with Gasteiger partial charge in [0.25, 0.3) is 0 Å². The molecular formula is C52H32N2O2. The Balaban J connectivity index is 1.01. The van der Waals surface area contributed by atoms with E-state index >= 15 is 0 Å². The van der Waals surface area contributed by atoms with Gasteiger partial charge in [-0.25, -0.2) is 9.97 Å². The summed E-state index contributed by atoms with van der Waals surface area (Å²) in [5.74, 6) is 0.689. The number of fused-ring (bicyclic) bond motifs is 6. The van der Waals surface area contributed by atoms with Crippen molar-refractivity contribution in [3.05, 3.63) is 194 Å². The highest BCUT2D eigenvalue weighted by Crippen LogP contribution is 2.43. The molecule has 8 aromatic carbocycles. The van der Waals surface area contributed by atoms with Gasteiger partial charge in [-0.2, -0.15) is 0 Å². The molecule has 0 unspecified atom stereocenters. The fraction of sp³-hybridized carbons (Fsp3) is 0. The van der Waals surface area contributed by atoms with E-state index in [1.165, 1.54) is 5.56 Å². The van der Waals surface area contributed by atoms with Crippen LogP contribution in [-0.4, -0.2) is 9.97 Å². The van der Waals surface area contributed by atoms with Crippen molar-refractivity contribution in [1.82, 2.24) is 9.97 Å². The van der Waals surface area contributed by atoms with Crippen LogP contribution in [-0.2, 0) is 0 Å². The lowest BCUT2D eigenvalue weighted by Crippen LogP contribution is -1.96. The Bertz CT molecular complexity index is 3220. The zero-order valence-corrected chi connectivity index (χ0v) is 30.2. The van der Waals surface area contributed by atoms with Crippen LogP contribution in [0.4, 0.5) is 0 Å². The second-order valence-corrected chi connectivity index (χ2v) is 14.1. The molecule has 11 rings (SSSR count). The molecule has 0 fully saturated rings. The minimum absolute atomic E-state index is 0.689. The van der Waals surface area contributed by atoms with E-state index in [-0.39, 0.29) is 0 Å². The molecule has 0 bridgehead atoms. The van der Waals surface area contributed by atoms with Gasteiger partial charge in [0, 0.05) is 43.8 Å². The predicted molar refractivity (Wildman–Crippen MR) is 229 cm³/mol. The molecule has 3 aromatic heterocycles. The maximum Gasteiger partial charge on any atom is 0.160 e. The number of furan rings is 2. The molecule has 0 aliphatic carbocycles. The van der Waals surface area contributed by atoms with Gasteiger partial charge < -0.3 is 8.83 Å². The molecule has 0 N–H and O–H groups in total. The molecule has 0 radical (unpaired) electrons. The van der Waals surface area contributed by atoms with Gasteiger partial charge >= 0.3 is 0 Å². The molecule has 0 aliphatic heterocycles. The Morgan fingerprint density at radius 1 is 0.304 bits per heavy atom. The molecule has 262 valence electrons. The van der Waals surface area contributed by atoms with Crippen molar-refractivity contribution in [2.24, 2.45) is 0 Å². The first-order chi connectivity index (χ1) is 27.7. The molecule has 0 saturated heterocycles. The first-order valence-corrected chi connectivity index (χ1v) is 18.8. The highest BCUT2D eigenvalue weighted by Gasteiger charge is 2.19. The average molecular weight is 717 g/mol. The predicted octanol–water partition coefficient (Wildman–Crippen LogP) is 14.3. The Kier molecular flexibility index (Phi) is 7.46. The number of hydrogen-bond donors (Lipinski definition) is 0. The second-order valence-electron chi connectivity index (χ2n) is 14.1. The standard InChI is InChI=1S/C52H32N2O2/c1-3-11-33(12-4-1)34-19-25-38(26-20-34)52-53-45(36-13-5-2-6-14-36)32-46(54-52)37-23-21-35(22-24-37)40-28-29-41(51-50(40)43-16-8-10-18-48(43)56-51)39-27-30-49-44(31-39)42-15-7-9-17-47(42)55-49/h1-32H. The van der Waals surface area contributed by atoms with Crippen LogP contribution in [0.25, 0.3) is 111 Å². The summed E-state index contributed by atoms with van der Waals surface area (Å²) in [7, 11) is 0. The van der Waals surface area contributed by atoms with E-state index in [4.69, 9.17) is 18.8 Å². The van der Waals surface area contributed by atoms with E-state index < -0.39 is 0 Å². The van der Waals surface area contributed by atoms with Crippen molar-refractivity contribution in [3.8, 4) is 67.3 Å². The van der Waals surface area contributed by atoms with Crippen LogP contribution in [0, 0.1) is 0 Å². The number of benzene rings is 8. The van der Waals surface area contributed by atoms with Crippen molar-refractivity contribution in [2.75, 3.05) is 0 Å². The monoisotopic (exact) mass is 716 g/mol. The van der Waals surface area contributed by atoms with Crippen LogP contribution in [0.3, 0.4) is 0 Å². The molecule has 0 saturated carbocycles. The van der Waals surface area contributed by atoms with E-state index in [1.54, 1.807) is 0 Å². The van der Waals surface area contributed by atoms with Crippen molar-refractivity contribution in [2.45, 2.75) is 0 Å². The number of aromatic nitrogens is 2. The smallest absolute Gasteiger partial charge is 0.160 e. The SMILES string of the molecule is c1ccc(-c2ccc(-c3nc(-c4ccccc4)cc(-c4ccc(-c5ccc(-c6ccc7oc8ccccc8c7c6)c6oc7ccccc7c56)cc4)n3)cc2)cc1. The Morgan fingerprint density at radius 2 is 0.804 bits per heavy atom. The number of para-hydroxylation sites is 2. The van der Waals surface area contributed by atoms with Gasteiger partial charge in [-0.15, -0.1) is 0 Å². The van der Waals surface area contributed by atoms with E-state index in [0.29, 0.717) is 5.82 Å². The molecule has 56 heavy (non-hydrogen) atoms. The van der Waals surface area contributed by atoms with Crippen molar-refractivity contribution >= 4 is 43.9 Å². The van der Waals surface area contributed by atoms with Gasteiger partial charge in [0.2, 0.25) is 0 Å². The minimum Gasteiger partial charge on any atom is -0.456 e. The summed E-state index contributed by atoms with van der Waals surface area (Å²) in [6.07, 6.45) is 0. The molecule has 4 nitrogen and oxygen atoms in total. The largest absolute Gasteiger partial charge is 0.456 e. The zero-order valence-electron chi connectivity index (χ0n) is 30.2. The number of rotatable bonds is 6. The van der Waals surface area contributed by atoms with Gasteiger partial charge in [-0.1, -0.05) is 158 Å². The summed E-state index contributed by atoms with van der Waals surface area (Å²) in [6, 6.07) is 67.3. The molecule has 3 heterocycles. The molecule has 0 atom stereocenters. The van der Waals surface area contributed by atoms with Gasteiger partial charge in [-0.05, 0) is 64.2 Å². The molecule has 0 spiro atoms. The molecular weight excluding hydrogens is 685 g/mol. The highest BCUT2D eigenvalue weighted by atomic mass is 16.3. The van der Waals surface area contributed by atoms with E-state index in [2.05, 4.69) is 146 Å². The third-order valence-electron chi connectivity index (χ3n) is 10.8. The number of nitrogens with zero attached hydrogens (tertiary/aromatic N) is 2. The summed E-state index contributed by atoms with van der Waals surface area (Å²) in [5, 5.41) is 4.38. The quantitative estimate of drug-likeness (QED) is 0.172. The van der Waals surface area contributed by atoms with Crippen LogP contribution in [0.1, 0.15) is 0 Å². The van der Waals surface area contributed by atoms with Crippen LogP contribution >= 0.6 is 0 Å². The topological polar surface area (TPSA) is 52.1 Å². The van der Waals surface area contributed by atoms with Crippen molar-refractivity contribution in [1.29, 1.82) is 0 Å². The summed E-state index contributed by atoms with van der Waals surface area (Å²) in [4.78, 5) is 10.2. The molecule has 4 heteroatoms. The Hall–Kier alpha value is -7.56. The Labute approximate surface area is 323 Å². The fourth-order valence-electron chi connectivity index (χ4n) is 7.93. The lowest BCUT2D eigenvalue weighted by Gasteiger charge is -2.11. The van der Waals surface area contributed by atoms with Gasteiger partial charge in [0.1, 0.15) is 22.3 Å². The first kappa shape index (κ1) is 31.9. The van der Waals surface area contributed by atoms with Gasteiger partial charge in [0.05, 0.1) is 11.4 Å². The second kappa shape index (κ2) is 13.1.